The summed E-state index contributed by atoms with van der Waals surface area (Å²) in [6.07, 6.45) is 1.08. The van der Waals surface area contributed by atoms with Gasteiger partial charge in [0.15, 0.2) is 0 Å². The molecule has 0 aliphatic rings. The molecule has 0 saturated heterocycles. The lowest BCUT2D eigenvalue weighted by molar-refractivity contribution is 0.629. The number of hydrogen-bond acceptors (Lipinski definition) is 1. The maximum absolute atomic E-state index is 6.81. The molecule has 37 valence electrons. The third-order valence-corrected chi connectivity index (χ3v) is 0.567. The zero-order chi connectivity index (χ0) is 5.41. The fraction of sp³-hybridized carbons (Fsp3) is 1.00. The summed E-state index contributed by atoms with van der Waals surface area (Å²) in [6.45, 7) is 2.05. The molecule has 1 N–H and O–H groups in total. The van der Waals surface area contributed by atoms with Crippen LogP contribution >= 0.6 is 11.6 Å². The number of rotatable bonds is 1. The Morgan fingerprint density at radius 1 is 1.67 bits per heavy atom. The minimum atomic E-state index is 0.792. The Morgan fingerprint density at radius 2 is 1.83 bits per heavy atom. The molecule has 0 aromatic heterocycles. The van der Waals surface area contributed by atoms with E-state index in [2.05, 4.69) is 0 Å². The van der Waals surface area contributed by atoms with Gasteiger partial charge in [0.2, 0.25) is 10.5 Å². The van der Waals surface area contributed by atoms with Gasteiger partial charge in [0.1, 0.15) is 0 Å². The molecule has 0 amide bonds. The Balaban J connectivity index is 0. The smallest absolute Gasteiger partial charge is 0.240 e. The van der Waals surface area contributed by atoms with Crippen molar-refractivity contribution in [2.24, 2.45) is 0 Å². The molecule has 0 aromatic carbocycles. The summed E-state index contributed by atoms with van der Waals surface area (Å²) in [6, 6.07) is 0. The molecular weight excluding hydrogens is 116 g/mol. The van der Waals surface area contributed by atoms with Crippen LogP contribution in [0.1, 0.15) is 13.3 Å². The zero-order valence-electron chi connectivity index (χ0n) is 3.74. The number of halogens is 1. The molecule has 0 aliphatic carbocycles. The van der Waals surface area contributed by atoms with Gasteiger partial charge in [-0.3, -0.25) is 0 Å². The minimum Gasteiger partial charge on any atom is -0.433 e. The molecule has 0 fully saturated rings. The second-order valence-corrected chi connectivity index (χ2v) is 1.07. The van der Waals surface area contributed by atoms with Crippen LogP contribution in [0.15, 0.2) is 0 Å². The number of alkyl halides is 1. The van der Waals surface area contributed by atoms with Crippen LogP contribution in [0.25, 0.3) is 0 Å². The standard InChI is InChI=1S/C3H7Cl.HOSi/c1-2-3-4;1-2/h2-3H2,1H3;1H. The second kappa shape index (κ2) is 17.9. The zero-order valence-corrected chi connectivity index (χ0v) is 5.50. The van der Waals surface area contributed by atoms with Crippen LogP contribution in [-0.2, 0) is 0 Å². The SMILES string of the molecule is CCCCl.O[Si]. The van der Waals surface area contributed by atoms with Gasteiger partial charge in [0.25, 0.3) is 0 Å². The van der Waals surface area contributed by atoms with Gasteiger partial charge in [-0.15, -0.1) is 11.6 Å². The average molecular weight is 124 g/mol. The summed E-state index contributed by atoms with van der Waals surface area (Å²) in [4.78, 5) is 6.81. The Hall–Kier alpha value is 0.467. The molecule has 0 unspecified atom stereocenters. The van der Waals surface area contributed by atoms with E-state index in [1.807, 2.05) is 17.4 Å². The van der Waals surface area contributed by atoms with Crippen molar-refractivity contribution in [3.63, 3.8) is 0 Å². The van der Waals surface area contributed by atoms with Crippen molar-refractivity contribution in [3.8, 4) is 0 Å². The van der Waals surface area contributed by atoms with E-state index in [0.29, 0.717) is 0 Å². The molecule has 0 heterocycles. The molecule has 0 aliphatic heterocycles. The molecule has 0 spiro atoms. The Bertz CT molecular complexity index is 12.8. The minimum absolute atomic E-state index is 0.792. The lowest BCUT2D eigenvalue weighted by atomic mass is 10.6. The molecule has 0 aromatic rings. The summed E-state index contributed by atoms with van der Waals surface area (Å²) in [7, 11) is 1.97. The van der Waals surface area contributed by atoms with Crippen molar-refractivity contribution in [2.45, 2.75) is 13.3 Å². The van der Waals surface area contributed by atoms with Crippen LogP contribution in [-0.4, -0.2) is 21.2 Å². The first kappa shape index (κ1) is 9.69. The maximum atomic E-state index is 6.81. The van der Waals surface area contributed by atoms with Crippen LogP contribution in [0, 0.1) is 0 Å². The lowest BCUT2D eigenvalue weighted by Crippen LogP contribution is -1.55. The third-order valence-electron chi connectivity index (χ3n) is 0.189. The van der Waals surface area contributed by atoms with Gasteiger partial charge in [0, 0.05) is 5.88 Å². The quantitative estimate of drug-likeness (QED) is 0.402. The first-order chi connectivity index (χ1) is 2.91. The van der Waals surface area contributed by atoms with Crippen molar-refractivity contribution in [1.82, 2.24) is 0 Å². The predicted octanol–water partition coefficient (Wildman–Crippen LogP) is 0.697. The topological polar surface area (TPSA) is 20.2 Å². The van der Waals surface area contributed by atoms with E-state index in [1.165, 1.54) is 0 Å². The van der Waals surface area contributed by atoms with Crippen LogP contribution in [0.2, 0.25) is 0 Å². The number of hydrogen-bond donors (Lipinski definition) is 1. The van der Waals surface area contributed by atoms with Crippen LogP contribution < -0.4 is 0 Å². The first-order valence-corrected chi connectivity index (χ1v) is 2.68. The normalized spacial score (nSPS) is 6.00. The summed E-state index contributed by atoms with van der Waals surface area (Å²) in [5.74, 6) is 0.792. The van der Waals surface area contributed by atoms with Gasteiger partial charge < -0.3 is 4.80 Å². The van der Waals surface area contributed by atoms with Crippen molar-refractivity contribution < 1.29 is 4.80 Å². The fourth-order valence-electron chi connectivity index (χ4n) is 0. The predicted molar refractivity (Wildman–Crippen MR) is 29.0 cm³/mol. The summed E-state index contributed by atoms with van der Waals surface area (Å²) in [5, 5.41) is 0. The van der Waals surface area contributed by atoms with Gasteiger partial charge in [-0.2, -0.15) is 0 Å². The van der Waals surface area contributed by atoms with Crippen molar-refractivity contribution in [1.29, 1.82) is 0 Å². The monoisotopic (exact) mass is 123 g/mol. The van der Waals surface area contributed by atoms with Crippen molar-refractivity contribution >= 4 is 22.1 Å². The first-order valence-electron chi connectivity index (χ1n) is 1.70. The van der Waals surface area contributed by atoms with E-state index in [4.69, 9.17) is 16.4 Å². The van der Waals surface area contributed by atoms with E-state index in [1.54, 1.807) is 0 Å². The lowest BCUT2D eigenvalue weighted by Gasteiger charge is -1.65. The van der Waals surface area contributed by atoms with Gasteiger partial charge in [-0.1, -0.05) is 6.92 Å². The van der Waals surface area contributed by atoms with Gasteiger partial charge in [0.05, 0.1) is 0 Å². The van der Waals surface area contributed by atoms with E-state index < -0.39 is 0 Å². The molecular formula is C3H8ClOSi. The molecule has 0 rings (SSSR count). The third kappa shape index (κ3) is 25.0. The van der Waals surface area contributed by atoms with E-state index >= 15 is 0 Å². The highest BCUT2D eigenvalue weighted by Crippen LogP contribution is 1.75. The summed E-state index contributed by atoms with van der Waals surface area (Å²) >= 11 is 5.19. The Labute approximate surface area is 46.9 Å². The van der Waals surface area contributed by atoms with Gasteiger partial charge in [-0.05, 0) is 6.42 Å². The van der Waals surface area contributed by atoms with E-state index in [0.717, 1.165) is 12.3 Å². The highest BCUT2D eigenvalue weighted by Gasteiger charge is 1.59. The molecule has 1 nitrogen and oxygen atoms in total. The molecule has 0 atom stereocenters. The molecule has 0 bridgehead atoms. The Kier molecular flexibility index (Phi) is 28.9. The maximum Gasteiger partial charge on any atom is 0.240 e. The van der Waals surface area contributed by atoms with Crippen LogP contribution in [0.4, 0.5) is 0 Å². The van der Waals surface area contributed by atoms with Gasteiger partial charge in [-0.25, -0.2) is 0 Å². The van der Waals surface area contributed by atoms with Crippen molar-refractivity contribution in [3.05, 3.63) is 0 Å². The highest BCUT2D eigenvalue weighted by molar-refractivity contribution is 6.17. The van der Waals surface area contributed by atoms with Crippen molar-refractivity contribution in [2.75, 3.05) is 5.88 Å². The summed E-state index contributed by atoms with van der Waals surface area (Å²) in [5.41, 5.74) is 0. The van der Waals surface area contributed by atoms with Crippen LogP contribution in [0.3, 0.4) is 0 Å². The van der Waals surface area contributed by atoms with Gasteiger partial charge >= 0.3 is 0 Å². The summed E-state index contributed by atoms with van der Waals surface area (Å²) < 4.78 is 0. The molecule has 3 radical (unpaired) electrons. The Morgan fingerprint density at radius 3 is 1.83 bits per heavy atom. The highest BCUT2D eigenvalue weighted by atomic mass is 35.5. The molecule has 3 heteroatoms. The molecule has 6 heavy (non-hydrogen) atoms. The average Bonchev–Trinajstić information content (AvgIpc) is 1.72. The second-order valence-electron chi connectivity index (χ2n) is 0.689. The molecule has 0 saturated carbocycles. The van der Waals surface area contributed by atoms with E-state index in [9.17, 15) is 0 Å². The largest absolute Gasteiger partial charge is 0.433 e. The van der Waals surface area contributed by atoms with E-state index in [-0.39, 0.29) is 0 Å². The van der Waals surface area contributed by atoms with Crippen LogP contribution in [0.5, 0.6) is 0 Å². The fourth-order valence-corrected chi connectivity index (χ4v) is 0.